The van der Waals surface area contributed by atoms with Crippen LogP contribution in [0, 0.1) is 0 Å². The van der Waals surface area contributed by atoms with E-state index in [1.807, 2.05) is 45.9 Å². The van der Waals surface area contributed by atoms with E-state index < -0.39 is 11.7 Å². The van der Waals surface area contributed by atoms with E-state index in [0.717, 1.165) is 43.4 Å². The van der Waals surface area contributed by atoms with Crippen molar-refractivity contribution in [3.63, 3.8) is 0 Å². The van der Waals surface area contributed by atoms with Crippen molar-refractivity contribution in [1.29, 1.82) is 0 Å². The molecule has 0 aliphatic carbocycles. The van der Waals surface area contributed by atoms with Gasteiger partial charge in [-0.05, 0) is 71.5 Å². The van der Waals surface area contributed by atoms with Gasteiger partial charge in [0, 0.05) is 23.4 Å². The summed E-state index contributed by atoms with van der Waals surface area (Å²) in [5.41, 5.74) is 7.13. The fourth-order valence-corrected chi connectivity index (χ4v) is 3.45. The number of nitrogens with two attached hydrogens (primary N) is 1. The van der Waals surface area contributed by atoms with Crippen molar-refractivity contribution in [2.75, 3.05) is 7.05 Å². The first-order chi connectivity index (χ1) is 19.7. The second kappa shape index (κ2) is 20.8. The molecule has 2 aromatic rings. The molecule has 41 heavy (non-hydrogen) atoms. The highest BCUT2D eigenvalue weighted by Crippen LogP contribution is 2.34. The molecule has 0 spiro atoms. The number of unbranched alkanes of at least 4 members (excludes halogenated alkanes) is 2. The number of aromatic nitrogens is 2. The number of hydrogen-bond acceptors (Lipinski definition) is 4. The van der Waals surface area contributed by atoms with Crippen molar-refractivity contribution in [2.24, 2.45) is 15.7 Å². The molecule has 8 heteroatoms. The molecule has 5 nitrogen and oxygen atoms in total. The molecule has 0 saturated carbocycles. The van der Waals surface area contributed by atoms with Gasteiger partial charge in [0.25, 0.3) is 0 Å². The lowest BCUT2D eigenvalue weighted by atomic mass is 10.0. The lowest BCUT2D eigenvalue weighted by Gasteiger charge is -2.12. The summed E-state index contributed by atoms with van der Waals surface area (Å²) in [4.78, 5) is 8.43. The molecule has 0 unspecified atom stereocenters. The Balaban J connectivity index is 0.00000382. The van der Waals surface area contributed by atoms with Crippen molar-refractivity contribution in [1.82, 2.24) is 9.78 Å². The Kier molecular flexibility index (Phi) is 18.8. The highest BCUT2D eigenvalue weighted by Gasteiger charge is 2.31. The van der Waals surface area contributed by atoms with Gasteiger partial charge in [0.15, 0.2) is 5.82 Å². The van der Waals surface area contributed by atoms with Gasteiger partial charge < -0.3 is 5.73 Å². The summed E-state index contributed by atoms with van der Waals surface area (Å²) in [6.07, 6.45) is 15.0. The van der Waals surface area contributed by atoms with Crippen LogP contribution in [0.4, 0.5) is 13.2 Å². The van der Waals surface area contributed by atoms with Gasteiger partial charge in [-0.25, -0.2) is 9.67 Å². The average Bonchev–Trinajstić information content (AvgIpc) is 3.39. The van der Waals surface area contributed by atoms with Crippen LogP contribution in [0.5, 0.6) is 0 Å². The van der Waals surface area contributed by atoms with E-state index in [0.29, 0.717) is 28.3 Å². The van der Waals surface area contributed by atoms with E-state index in [1.165, 1.54) is 17.8 Å². The molecule has 222 valence electrons. The SMILES string of the molecule is C=C\C=C/C(=C\C)/N=C/C=C(\N=C)n1ncc(/C=C/CCCCC(=C)C)c1-c1cccc(C(F)(F)F)c1.CC.CN. The van der Waals surface area contributed by atoms with Crippen LogP contribution in [0.3, 0.4) is 0 Å². The van der Waals surface area contributed by atoms with Gasteiger partial charge in [-0.15, -0.1) is 6.58 Å². The fraction of sp³-hybridized carbons (Fsp3) is 0.303. The van der Waals surface area contributed by atoms with Gasteiger partial charge >= 0.3 is 6.18 Å². The standard InChI is InChI=1S/C30H33F3N4.C2H6.CH5N/c1-6-8-18-27(7-2)35-20-19-28(34-5)37-29(24-16-13-17-26(21-24)30(31,32)33)25(22-36-37)15-12-10-9-11-14-23(3)4;2*1-2/h6-8,12-13,15-22H,1,3,5,9-11,14H2,2,4H3;1-2H3;2H2,1H3/b15-12+,18-8-,27-7+,28-19+,35-20+;;. The Morgan fingerprint density at radius 2 is 1.88 bits per heavy atom. The molecule has 0 aliphatic rings. The number of aliphatic imine (C=N–C) groups is 2. The molecule has 0 atom stereocenters. The number of rotatable bonds is 13. The zero-order valence-electron chi connectivity index (χ0n) is 25.0. The Labute approximate surface area is 243 Å². The summed E-state index contributed by atoms with van der Waals surface area (Å²) >= 11 is 0. The van der Waals surface area contributed by atoms with Crippen molar-refractivity contribution < 1.29 is 13.2 Å². The van der Waals surface area contributed by atoms with Gasteiger partial charge in [0.1, 0.15) is 0 Å². The topological polar surface area (TPSA) is 68.6 Å². The van der Waals surface area contributed by atoms with Crippen LogP contribution >= 0.6 is 0 Å². The van der Waals surface area contributed by atoms with Crippen LogP contribution < -0.4 is 5.73 Å². The molecule has 0 bridgehead atoms. The molecule has 0 aliphatic heterocycles. The second-order valence-corrected chi connectivity index (χ2v) is 8.31. The Morgan fingerprint density at radius 3 is 2.46 bits per heavy atom. The third-order valence-corrected chi connectivity index (χ3v) is 5.31. The summed E-state index contributed by atoms with van der Waals surface area (Å²) < 4.78 is 41.9. The predicted octanol–water partition coefficient (Wildman–Crippen LogP) is 9.54. The van der Waals surface area contributed by atoms with Gasteiger partial charge in [-0.2, -0.15) is 18.3 Å². The quantitative estimate of drug-likeness (QED) is 0.113. The summed E-state index contributed by atoms with van der Waals surface area (Å²) in [7, 11) is 1.50. The lowest BCUT2D eigenvalue weighted by molar-refractivity contribution is -0.137. The van der Waals surface area contributed by atoms with Crippen LogP contribution in [0.1, 0.15) is 64.5 Å². The van der Waals surface area contributed by atoms with E-state index in [4.69, 9.17) is 0 Å². The molecule has 0 fully saturated rings. The minimum absolute atomic E-state index is 0.320. The highest BCUT2D eigenvalue weighted by atomic mass is 19.4. The molecule has 2 rings (SSSR count). The number of alkyl halides is 3. The van der Waals surface area contributed by atoms with Gasteiger partial charge in [0.05, 0.1) is 23.2 Å². The maximum Gasteiger partial charge on any atom is 0.416 e. The van der Waals surface area contributed by atoms with Crippen LogP contribution in [0.15, 0.2) is 101 Å². The number of nitrogens with zero attached hydrogens (tertiary/aromatic N) is 4. The summed E-state index contributed by atoms with van der Waals surface area (Å²) in [5.74, 6) is 0.320. The zero-order chi connectivity index (χ0) is 31.3. The normalized spacial score (nSPS) is 12.2. The highest BCUT2D eigenvalue weighted by molar-refractivity contribution is 5.83. The Bertz CT molecular complexity index is 1240. The van der Waals surface area contributed by atoms with E-state index in [-0.39, 0.29) is 0 Å². The zero-order valence-corrected chi connectivity index (χ0v) is 25.0. The number of benzene rings is 1. The van der Waals surface area contributed by atoms with Crippen LogP contribution in [0.25, 0.3) is 23.2 Å². The second-order valence-electron chi connectivity index (χ2n) is 8.31. The Hall–Kier alpha value is -4.04. The van der Waals surface area contributed by atoms with E-state index in [1.54, 1.807) is 42.8 Å². The molecular weight excluding hydrogens is 523 g/mol. The summed E-state index contributed by atoms with van der Waals surface area (Å²) in [5, 5.41) is 4.43. The van der Waals surface area contributed by atoms with E-state index in [2.05, 4.69) is 40.7 Å². The first-order valence-electron chi connectivity index (χ1n) is 13.5. The van der Waals surface area contributed by atoms with Crippen molar-refractivity contribution >= 4 is 24.8 Å². The third kappa shape index (κ3) is 13.2. The van der Waals surface area contributed by atoms with Gasteiger partial charge in [0.2, 0.25) is 0 Å². The largest absolute Gasteiger partial charge is 0.416 e. The number of hydrogen-bond donors (Lipinski definition) is 1. The summed E-state index contributed by atoms with van der Waals surface area (Å²) in [6, 6.07) is 5.17. The first kappa shape index (κ1) is 37.0. The minimum atomic E-state index is -4.47. The third-order valence-electron chi connectivity index (χ3n) is 5.31. The van der Waals surface area contributed by atoms with Crippen LogP contribution in [0.2, 0.25) is 0 Å². The fourth-order valence-electron chi connectivity index (χ4n) is 3.45. The molecule has 1 aromatic heterocycles. The monoisotopic (exact) mass is 567 g/mol. The molecule has 2 N–H and O–H groups in total. The van der Waals surface area contributed by atoms with Crippen LogP contribution in [-0.2, 0) is 6.18 Å². The minimum Gasteiger partial charge on any atom is -0.333 e. The molecule has 1 aromatic carbocycles. The van der Waals surface area contributed by atoms with E-state index >= 15 is 0 Å². The first-order valence-corrected chi connectivity index (χ1v) is 13.5. The van der Waals surface area contributed by atoms with Crippen LogP contribution in [-0.4, -0.2) is 29.8 Å². The van der Waals surface area contributed by atoms with Crippen molar-refractivity contribution in [3.8, 4) is 11.3 Å². The predicted molar refractivity (Wildman–Crippen MR) is 172 cm³/mol. The van der Waals surface area contributed by atoms with Gasteiger partial charge in [-0.3, -0.25) is 4.99 Å². The Morgan fingerprint density at radius 1 is 1.17 bits per heavy atom. The van der Waals surface area contributed by atoms with Crippen molar-refractivity contribution in [3.05, 3.63) is 102 Å². The lowest BCUT2D eigenvalue weighted by Crippen LogP contribution is -2.06. The maximum absolute atomic E-state index is 13.5. The molecule has 0 radical (unpaired) electrons. The molecule has 1 heterocycles. The molecular formula is C33H44F3N5. The maximum atomic E-state index is 13.5. The smallest absolute Gasteiger partial charge is 0.333 e. The molecule has 0 amide bonds. The molecule has 0 saturated heterocycles. The number of halogens is 3. The summed E-state index contributed by atoms with van der Waals surface area (Å²) in [6.45, 7) is 19.0. The van der Waals surface area contributed by atoms with Gasteiger partial charge in [-0.1, -0.05) is 68.5 Å². The average molecular weight is 568 g/mol. The van der Waals surface area contributed by atoms with Crippen molar-refractivity contribution in [2.45, 2.75) is 59.6 Å². The number of allylic oxidation sites excluding steroid dienone is 7. The van der Waals surface area contributed by atoms with E-state index in [9.17, 15) is 13.2 Å².